The van der Waals surface area contributed by atoms with Crippen LogP contribution in [0.25, 0.3) is 5.65 Å². The number of pyridine rings is 1. The molecule has 1 aliphatic carbocycles. The molecule has 2 aromatic heterocycles. The number of rotatable bonds is 6. The van der Waals surface area contributed by atoms with Gasteiger partial charge in [0, 0.05) is 30.9 Å². The van der Waals surface area contributed by atoms with Crippen molar-refractivity contribution < 1.29 is 9.53 Å². The van der Waals surface area contributed by atoms with Crippen molar-refractivity contribution in [3.8, 4) is 5.75 Å². The maximum Gasteiger partial charge on any atom is 0.143 e. The third-order valence-corrected chi connectivity index (χ3v) is 4.57. The molecule has 3 aromatic rings. The van der Waals surface area contributed by atoms with Crippen molar-refractivity contribution in [3.05, 3.63) is 66.1 Å². The molecule has 0 aliphatic heterocycles. The summed E-state index contributed by atoms with van der Waals surface area (Å²) in [5, 5.41) is 0. The topological polar surface area (TPSA) is 43.6 Å². The number of imidazole rings is 1. The largest absolute Gasteiger partial charge is 0.490 e. The van der Waals surface area contributed by atoms with Crippen molar-refractivity contribution in [2.45, 2.75) is 38.2 Å². The summed E-state index contributed by atoms with van der Waals surface area (Å²) in [4.78, 5) is 16.7. The lowest BCUT2D eigenvalue weighted by atomic mass is 9.96. The fraction of sp³-hybridized carbons (Fsp3) is 0.300. The second-order valence-corrected chi connectivity index (χ2v) is 6.38. The molecule has 0 amide bonds. The van der Waals surface area contributed by atoms with Gasteiger partial charge in [0.15, 0.2) is 0 Å². The zero-order chi connectivity index (χ0) is 16.4. The van der Waals surface area contributed by atoms with Gasteiger partial charge in [0.2, 0.25) is 0 Å². The number of aromatic nitrogens is 2. The number of hydrogen-bond donors (Lipinski definition) is 0. The Hall–Kier alpha value is -2.62. The van der Waals surface area contributed by atoms with Crippen molar-refractivity contribution in [1.82, 2.24) is 9.38 Å². The molecule has 0 atom stereocenters. The van der Waals surface area contributed by atoms with E-state index in [1.54, 1.807) is 6.20 Å². The van der Waals surface area contributed by atoms with Crippen molar-refractivity contribution in [2.24, 2.45) is 0 Å². The van der Waals surface area contributed by atoms with Gasteiger partial charge in [-0.25, -0.2) is 4.98 Å². The van der Waals surface area contributed by atoms with Crippen molar-refractivity contribution in [1.29, 1.82) is 0 Å². The van der Waals surface area contributed by atoms with E-state index in [0.29, 0.717) is 18.9 Å². The Morgan fingerprint density at radius 3 is 2.71 bits per heavy atom. The van der Waals surface area contributed by atoms with Crippen molar-refractivity contribution in [2.75, 3.05) is 0 Å². The third kappa shape index (κ3) is 3.18. The minimum absolute atomic E-state index is 0.198. The van der Waals surface area contributed by atoms with Crippen LogP contribution in [0, 0.1) is 0 Å². The Bertz CT molecular complexity index is 847. The smallest absolute Gasteiger partial charge is 0.143 e. The number of ether oxygens (including phenoxy) is 1. The van der Waals surface area contributed by atoms with Crippen LogP contribution in [0.1, 0.15) is 30.5 Å². The number of ketones is 1. The average molecular weight is 320 g/mol. The summed E-state index contributed by atoms with van der Waals surface area (Å²) in [6, 6.07) is 13.8. The molecule has 0 radical (unpaired) electrons. The van der Waals surface area contributed by atoms with Gasteiger partial charge in [0.05, 0.1) is 6.10 Å². The van der Waals surface area contributed by atoms with Gasteiger partial charge in [-0.05, 0) is 49.1 Å². The zero-order valence-electron chi connectivity index (χ0n) is 13.5. The summed E-state index contributed by atoms with van der Waals surface area (Å²) in [5.41, 5.74) is 2.87. The Morgan fingerprint density at radius 1 is 1.12 bits per heavy atom. The summed E-state index contributed by atoms with van der Waals surface area (Å²) < 4.78 is 7.82. The number of carbonyl (C=O) groups excluding carboxylic acids is 1. The van der Waals surface area contributed by atoms with Crippen LogP contribution >= 0.6 is 0 Å². The quantitative estimate of drug-likeness (QED) is 0.697. The van der Waals surface area contributed by atoms with Gasteiger partial charge < -0.3 is 9.14 Å². The minimum Gasteiger partial charge on any atom is -0.490 e. The van der Waals surface area contributed by atoms with E-state index >= 15 is 0 Å². The summed E-state index contributed by atoms with van der Waals surface area (Å²) in [6.45, 7) is 0. The van der Waals surface area contributed by atoms with Crippen LogP contribution in [0.2, 0.25) is 0 Å². The number of Topliss-reactive ketones (excluding diaryl/α,β-unsaturated/α-hetero) is 1. The zero-order valence-corrected chi connectivity index (χ0v) is 13.5. The van der Waals surface area contributed by atoms with Crippen LogP contribution in [0.4, 0.5) is 0 Å². The summed E-state index contributed by atoms with van der Waals surface area (Å²) in [6.07, 6.45) is 8.45. The molecular formula is C20H20N2O2. The standard InChI is InChI=1S/C20H20N2O2/c23-17(14-16-3-1-6-20-21-11-12-22(16)20)13-15-7-9-19(10-8-15)24-18-4-2-5-18/h1,3,6-12,18H,2,4-5,13-14H2. The Morgan fingerprint density at radius 2 is 1.96 bits per heavy atom. The summed E-state index contributed by atoms with van der Waals surface area (Å²) in [5.74, 6) is 1.10. The molecule has 24 heavy (non-hydrogen) atoms. The number of carbonyl (C=O) groups is 1. The highest BCUT2D eigenvalue weighted by atomic mass is 16.5. The Balaban J connectivity index is 1.39. The lowest BCUT2D eigenvalue weighted by Crippen LogP contribution is -2.24. The fourth-order valence-electron chi connectivity index (χ4n) is 3.01. The molecule has 0 bridgehead atoms. The highest BCUT2D eigenvalue weighted by molar-refractivity contribution is 5.83. The third-order valence-electron chi connectivity index (χ3n) is 4.57. The molecule has 1 fully saturated rings. The molecular weight excluding hydrogens is 300 g/mol. The van der Waals surface area contributed by atoms with Crippen LogP contribution in [0.5, 0.6) is 5.75 Å². The van der Waals surface area contributed by atoms with E-state index in [1.165, 1.54) is 6.42 Å². The van der Waals surface area contributed by atoms with Gasteiger partial charge in [-0.3, -0.25) is 4.79 Å². The van der Waals surface area contributed by atoms with E-state index in [4.69, 9.17) is 4.74 Å². The van der Waals surface area contributed by atoms with Crippen molar-refractivity contribution in [3.63, 3.8) is 0 Å². The van der Waals surface area contributed by atoms with E-state index in [1.807, 2.05) is 53.1 Å². The summed E-state index contributed by atoms with van der Waals surface area (Å²) in [7, 11) is 0. The van der Waals surface area contributed by atoms with Gasteiger partial charge in [0.25, 0.3) is 0 Å². The highest BCUT2D eigenvalue weighted by Crippen LogP contribution is 2.25. The molecule has 122 valence electrons. The molecule has 1 saturated carbocycles. The fourth-order valence-corrected chi connectivity index (χ4v) is 3.01. The maximum atomic E-state index is 12.4. The first-order valence-corrected chi connectivity index (χ1v) is 8.46. The monoisotopic (exact) mass is 320 g/mol. The van der Waals surface area contributed by atoms with Gasteiger partial charge in [-0.2, -0.15) is 0 Å². The highest BCUT2D eigenvalue weighted by Gasteiger charge is 2.18. The number of fused-ring (bicyclic) bond motifs is 1. The van der Waals surface area contributed by atoms with E-state index in [0.717, 1.165) is 35.5 Å². The van der Waals surface area contributed by atoms with Crippen LogP contribution in [0.3, 0.4) is 0 Å². The molecule has 4 rings (SSSR count). The van der Waals surface area contributed by atoms with Gasteiger partial charge in [-0.1, -0.05) is 18.2 Å². The molecule has 1 aliphatic rings. The van der Waals surface area contributed by atoms with Crippen molar-refractivity contribution >= 4 is 11.4 Å². The average Bonchev–Trinajstić information content (AvgIpc) is 3.02. The first-order valence-electron chi connectivity index (χ1n) is 8.46. The van der Waals surface area contributed by atoms with E-state index < -0.39 is 0 Å². The van der Waals surface area contributed by atoms with E-state index in [-0.39, 0.29) is 5.78 Å². The normalized spacial score (nSPS) is 14.5. The maximum absolute atomic E-state index is 12.4. The molecule has 0 unspecified atom stereocenters. The van der Waals surface area contributed by atoms with Crippen LogP contribution < -0.4 is 4.74 Å². The van der Waals surface area contributed by atoms with Gasteiger partial charge in [-0.15, -0.1) is 0 Å². The molecule has 4 nitrogen and oxygen atoms in total. The number of hydrogen-bond acceptors (Lipinski definition) is 3. The predicted octanol–water partition coefficient (Wildman–Crippen LogP) is 3.62. The van der Waals surface area contributed by atoms with Gasteiger partial charge >= 0.3 is 0 Å². The van der Waals surface area contributed by atoms with Crippen LogP contribution in [0.15, 0.2) is 54.9 Å². The van der Waals surface area contributed by atoms with E-state index in [2.05, 4.69) is 4.98 Å². The second kappa shape index (κ2) is 6.48. The van der Waals surface area contributed by atoms with Crippen LogP contribution in [-0.4, -0.2) is 21.3 Å². The SMILES string of the molecule is O=C(Cc1ccc(OC2CCC2)cc1)Cc1cccc2nccn12. The lowest BCUT2D eigenvalue weighted by molar-refractivity contribution is -0.117. The molecule has 4 heteroatoms. The Kier molecular flexibility index (Phi) is 4.03. The predicted molar refractivity (Wildman–Crippen MR) is 92.3 cm³/mol. The van der Waals surface area contributed by atoms with Gasteiger partial charge in [0.1, 0.15) is 17.2 Å². The summed E-state index contributed by atoms with van der Waals surface area (Å²) >= 11 is 0. The molecule has 1 aromatic carbocycles. The molecule has 2 heterocycles. The molecule has 0 spiro atoms. The second-order valence-electron chi connectivity index (χ2n) is 6.38. The van der Waals surface area contributed by atoms with Crippen LogP contribution in [-0.2, 0) is 17.6 Å². The number of benzene rings is 1. The minimum atomic E-state index is 0.198. The first kappa shape index (κ1) is 14.9. The lowest BCUT2D eigenvalue weighted by Gasteiger charge is -2.26. The first-order chi connectivity index (χ1) is 11.8. The Labute approximate surface area is 141 Å². The molecule has 0 N–H and O–H groups in total. The number of nitrogens with zero attached hydrogens (tertiary/aromatic N) is 2. The molecule has 0 saturated heterocycles. The van der Waals surface area contributed by atoms with E-state index in [9.17, 15) is 4.79 Å².